The van der Waals surface area contributed by atoms with Crippen LogP contribution in [0.5, 0.6) is 0 Å². The van der Waals surface area contributed by atoms with Crippen LogP contribution in [0.3, 0.4) is 0 Å². The van der Waals surface area contributed by atoms with Gasteiger partial charge >= 0.3 is 6.03 Å². The van der Waals surface area contributed by atoms with Gasteiger partial charge in [-0.2, -0.15) is 0 Å². The predicted octanol–water partition coefficient (Wildman–Crippen LogP) is 3.45. The number of rotatable bonds is 4. The Morgan fingerprint density at radius 3 is 2.48 bits per heavy atom. The molecule has 0 heterocycles. The minimum absolute atomic E-state index is 0.212. The molecule has 5 nitrogen and oxygen atoms in total. The summed E-state index contributed by atoms with van der Waals surface area (Å²) in [4.78, 5) is 15.6. The van der Waals surface area contributed by atoms with Gasteiger partial charge in [-0.1, -0.05) is 37.6 Å². The summed E-state index contributed by atoms with van der Waals surface area (Å²) in [6.45, 7) is 8.56. The lowest BCUT2D eigenvalue weighted by molar-refractivity contribution is 0.222. The maximum absolute atomic E-state index is 12.7. The van der Waals surface area contributed by atoms with Crippen molar-refractivity contribution < 1.29 is 4.79 Å². The molecular formula is C15H23ClN4O. The van der Waals surface area contributed by atoms with Gasteiger partial charge in [0.15, 0.2) is 5.96 Å². The summed E-state index contributed by atoms with van der Waals surface area (Å²) in [6, 6.07) is 5.17. The molecule has 21 heavy (non-hydrogen) atoms. The van der Waals surface area contributed by atoms with E-state index in [4.69, 9.17) is 22.7 Å². The van der Waals surface area contributed by atoms with Gasteiger partial charge in [-0.05, 0) is 31.4 Å². The summed E-state index contributed by atoms with van der Waals surface area (Å²) in [6.07, 6.45) is 0. The fraction of sp³-hybridized carbons (Fsp3) is 0.467. The van der Waals surface area contributed by atoms with Crippen molar-refractivity contribution >= 4 is 29.3 Å². The van der Waals surface area contributed by atoms with E-state index >= 15 is 0 Å². The third-order valence-electron chi connectivity index (χ3n) is 3.07. The molecule has 2 amide bonds. The summed E-state index contributed by atoms with van der Waals surface area (Å²) >= 11 is 6.24. The van der Waals surface area contributed by atoms with Crippen LogP contribution in [0.4, 0.5) is 10.5 Å². The van der Waals surface area contributed by atoms with E-state index in [1.165, 1.54) is 4.90 Å². The fourth-order valence-corrected chi connectivity index (χ4v) is 2.47. The van der Waals surface area contributed by atoms with Crippen LogP contribution >= 0.6 is 11.6 Å². The number of guanidine groups is 1. The van der Waals surface area contributed by atoms with E-state index in [2.05, 4.69) is 0 Å². The monoisotopic (exact) mass is 310 g/mol. The number of hydrogen-bond donors (Lipinski definition) is 2. The van der Waals surface area contributed by atoms with Crippen molar-refractivity contribution in [2.75, 3.05) is 18.0 Å². The minimum atomic E-state index is -0.324. The highest BCUT2D eigenvalue weighted by molar-refractivity contribution is 6.34. The molecule has 0 aliphatic heterocycles. The number of para-hydroxylation sites is 1. The first-order valence-electron chi connectivity index (χ1n) is 6.97. The largest absolute Gasteiger partial charge is 0.370 e. The van der Waals surface area contributed by atoms with Gasteiger partial charge in [0.05, 0.1) is 10.7 Å². The van der Waals surface area contributed by atoms with Crippen molar-refractivity contribution in [1.82, 2.24) is 4.90 Å². The Hall–Kier alpha value is -1.75. The number of halogens is 1. The van der Waals surface area contributed by atoms with E-state index in [0.717, 1.165) is 5.56 Å². The van der Waals surface area contributed by atoms with Crippen molar-refractivity contribution in [3.05, 3.63) is 28.8 Å². The van der Waals surface area contributed by atoms with Crippen molar-refractivity contribution in [2.24, 2.45) is 11.7 Å². The lowest BCUT2D eigenvalue weighted by Crippen LogP contribution is -2.50. The number of amides is 2. The molecule has 1 aromatic rings. The van der Waals surface area contributed by atoms with Crippen LogP contribution in [-0.4, -0.2) is 30.0 Å². The summed E-state index contributed by atoms with van der Waals surface area (Å²) in [5.74, 6) is -0.0410. The average Bonchev–Trinajstić information content (AvgIpc) is 2.39. The van der Waals surface area contributed by atoms with Gasteiger partial charge in [0.25, 0.3) is 0 Å². The minimum Gasteiger partial charge on any atom is -0.370 e. The van der Waals surface area contributed by atoms with E-state index in [1.54, 1.807) is 11.0 Å². The van der Waals surface area contributed by atoms with Gasteiger partial charge in [0, 0.05) is 13.1 Å². The Morgan fingerprint density at radius 1 is 1.43 bits per heavy atom. The second-order valence-corrected chi connectivity index (χ2v) is 5.73. The third kappa shape index (κ3) is 4.11. The van der Waals surface area contributed by atoms with E-state index < -0.39 is 0 Å². The number of carbonyl (C=O) groups is 1. The van der Waals surface area contributed by atoms with Gasteiger partial charge in [-0.15, -0.1) is 0 Å². The lowest BCUT2D eigenvalue weighted by atomic mass is 10.1. The van der Waals surface area contributed by atoms with Crippen molar-refractivity contribution in [1.29, 1.82) is 5.41 Å². The molecule has 1 rings (SSSR count). The zero-order chi connectivity index (χ0) is 16.2. The maximum Gasteiger partial charge on any atom is 0.331 e. The molecule has 0 spiro atoms. The Kier molecular flexibility index (Phi) is 6.03. The van der Waals surface area contributed by atoms with Gasteiger partial charge in [0.2, 0.25) is 0 Å². The van der Waals surface area contributed by atoms with Crippen LogP contribution in [0, 0.1) is 18.3 Å². The van der Waals surface area contributed by atoms with Crippen LogP contribution in [0.2, 0.25) is 5.02 Å². The number of benzene rings is 1. The van der Waals surface area contributed by atoms with E-state index in [1.807, 2.05) is 39.8 Å². The molecule has 0 aliphatic carbocycles. The molecule has 0 fully saturated rings. The Balaban J connectivity index is 3.19. The van der Waals surface area contributed by atoms with E-state index in [9.17, 15) is 4.79 Å². The molecule has 0 aliphatic rings. The molecule has 3 N–H and O–H groups in total. The lowest BCUT2D eigenvalue weighted by Gasteiger charge is -2.31. The first kappa shape index (κ1) is 17.3. The molecule has 1 aromatic carbocycles. The second kappa shape index (κ2) is 7.31. The first-order valence-corrected chi connectivity index (χ1v) is 7.35. The first-order chi connectivity index (χ1) is 9.79. The zero-order valence-electron chi connectivity index (χ0n) is 13.0. The number of nitrogens with one attached hydrogen (secondary N) is 1. The Morgan fingerprint density at radius 2 is 2.05 bits per heavy atom. The van der Waals surface area contributed by atoms with Crippen molar-refractivity contribution in [3.8, 4) is 0 Å². The van der Waals surface area contributed by atoms with Crippen LogP contribution in [0.15, 0.2) is 18.2 Å². The van der Waals surface area contributed by atoms with Gasteiger partial charge in [0.1, 0.15) is 0 Å². The number of carbonyl (C=O) groups excluding carboxylic acids is 1. The van der Waals surface area contributed by atoms with Crippen LogP contribution in [0.1, 0.15) is 26.3 Å². The molecule has 0 saturated carbocycles. The van der Waals surface area contributed by atoms with Gasteiger partial charge in [-0.25, -0.2) is 4.79 Å². The summed E-state index contributed by atoms with van der Waals surface area (Å²) in [5.41, 5.74) is 7.14. The molecule has 116 valence electrons. The topological polar surface area (TPSA) is 73.4 Å². The number of hydrogen-bond acceptors (Lipinski definition) is 2. The third-order valence-corrected chi connectivity index (χ3v) is 3.38. The number of urea groups is 1. The number of nitrogens with zero attached hydrogens (tertiary/aromatic N) is 2. The summed E-state index contributed by atoms with van der Waals surface area (Å²) in [7, 11) is 0. The predicted molar refractivity (Wildman–Crippen MR) is 88.1 cm³/mol. The summed E-state index contributed by atoms with van der Waals surface area (Å²) in [5, 5.41) is 8.15. The van der Waals surface area contributed by atoms with Crippen LogP contribution in [0.25, 0.3) is 0 Å². The molecule has 0 bridgehead atoms. The maximum atomic E-state index is 12.7. The highest BCUT2D eigenvalue weighted by atomic mass is 35.5. The SMILES string of the molecule is CCN(C(=O)N(CC(C)C)C(=N)N)c1c(C)cccc1Cl. The number of aryl methyl sites for hydroxylation is 1. The van der Waals surface area contributed by atoms with Gasteiger partial charge < -0.3 is 5.73 Å². The highest BCUT2D eigenvalue weighted by Gasteiger charge is 2.26. The standard InChI is InChI=1S/C15H23ClN4O/c1-5-19(13-11(4)7-6-8-12(13)16)15(21)20(14(17)18)9-10(2)3/h6-8,10H,5,9H2,1-4H3,(H3,17,18). The van der Waals surface area contributed by atoms with Crippen LogP contribution < -0.4 is 10.6 Å². The molecule has 0 atom stereocenters. The molecule has 0 radical (unpaired) electrons. The number of nitrogens with two attached hydrogens (primary N) is 1. The summed E-state index contributed by atoms with van der Waals surface area (Å²) < 4.78 is 0. The number of anilines is 1. The van der Waals surface area contributed by atoms with Crippen molar-refractivity contribution in [2.45, 2.75) is 27.7 Å². The molecule has 0 aromatic heterocycles. The smallest absolute Gasteiger partial charge is 0.331 e. The molecular weight excluding hydrogens is 288 g/mol. The quantitative estimate of drug-likeness (QED) is 0.660. The Bertz CT molecular complexity index is 510. The average molecular weight is 311 g/mol. The molecule has 0 unspecified atom stereocenters. The molecule has 6 heteroatoms. The van der Waals surface area contributed by atoms with E-state index in [-0.39, 0.29) is 17.9 Å². The second-order valence-electron chi connectivity index (χ2n) is 5.32. The fourth-order valence-electron chi connectivity index (χ4n) is 2.14. The van der Waals surface area contributed by atoms with Gasteiger partial charge in [-0.3, -0.25) is 15.2 Å². The normalized spacial score (nSPS) is 10.6. The molecule has 0 saturated heterocycles. The van der Waals surface area contributed by atoms with Crippen LogP contribution in [-0.2, 0) is 0 Å². The van der Waals surface area contributed by atoms with E-state index in [0.29, 0.717) is 23.8 Å². The zero-order valence-corrected chi connectivity index (χ0v) is 13.7. The highest BCUT2D eigenvalue weighted by Crippen LogP contribution is 2.30. The Labute approximate surface area is 131 Å². The van der Waals surface area contributed by atoms with Crippen molar-refractivity contribution in [3.63, 3.8) is 0 Å².